The lowest BCUT2D eigenvalue weighted by Crippen LogP contribution is -2.40. The minimum atomic E-state index is -3.30. The fourth-order valence-electron chi connectivity index (χ4n) is 1.69. The Morgan fingerprint density at radius 2 is 2.00 bits per heavy atom. The van der Waals surface area contributed by atoms with Gasteiger partial charge >= 0.3 is 0 Å². The normalized spacial score (nSPS) is 14.7. The Labute approximate surface area is 120 Å². The van der Waals surface area contributed by atoms with Crippen molar-refractivity contribution < 1.29 is 13.2 Å². The van der Waals surface area contributed by atoms with Crippen LogP contribution in [0.25, 0.3) is 0 Å². The summed E-state index contributed by atoms with van der Waals surface area (Å²) in [4.78, 5) is 12.2. The number of nitrogens with two attached hydrogens (primary N) is 1. The largest absolute Gasteiger partial charge is 0.324 e. The van der Waals surface area contributed by atoms with Crippen molar-refractivity contribution in [3.63, 3.8) is 0 Å². The number of hydrogen-bond donors (Lipinski definition) is 2. The van der Waals surface area contributed by atoms with Crippen LogP contribution in [0.4, 0.5) is 5.69 Å². The molecule has 1 amide bonds. The van der Waals surface area contributed by atoms with Gasteiger partial charge in [-0.3, -0.25) is 4.79 Å². The van der Waals surface area contributed by atoms with Crippen molar-refractivity contribution in [3.05, 3.63) is 23.8 Å². The molecule has 0 aliphatic carbocycles. The summed E-state index contributed by atoms with van der Waals surface area (Å²) in [7, 11) is -3.30. The maximum atomic E-state index is 12.0. The summed E-state index contributed by atoms with van der Waals surface area (Å²) in [5.41, 5.74) is 7.14. The van der Waals surface area contributed by atoms with Crippen LogP contribution >= 0.6 is 0 Å². The molecule has 0 unspecified atom stereocenters. The van der Waals surface area contributed by atoms with Gasteiger partial charge in [-0.15, -0.1) is 0 Å². The predicted molar refractivity (Wildman–Crippen MR) is 80.3 cm³/mol. The van der Waals surface area contributed by atoms with Gasteiger partial charge in [0.1, 0.15) is 0 Å². The molecule has 0 fully saturated rings. The van der Waals surface area contributed by atoms with Gasteiger partial charge in [-0.1, -0.05) is 26.3 Å². The topological polar surface area (TPSA) is 89.3 Å². The van der Waals surface area contributed by atoms with Crippen LogP contribution in [0.3, 0.4) is 0 Å². The van der Waals surface area contributed by atoms with Crippen LogP contribution in [0, 0.1) is 12.8 Å². The highest BCUT2D eigenvalue weighted by Gasteiger charge is 2.20. The van der Waals surface area contributed by atoms with Gasteiger partial charge in [-0.05, 0) is 30.5 Å². The van der Waals surface area contributed by atoms with Crippen LogP contribution in [0.1, 0.15) is 25.8 Å². The summed E-state index contributed by atoms with van der Waals surface area (Å²) >= 11 is 0. The van der Waals surface area contributed by atoms with E-state index in [0.29, 0.717) is 5.69 Å². The van der Waals surface area contributed by atoms with Crippen LogP contribution in [-0.4, -0.2) is 26.6 Å². The van der Waals surface area contributed by atoms with Crippen LogP contribution in [0.15, 0.2) is 23.1 Å². The van der Waals surface area contributed by atoms with E-state index in [1.165, 1.54) is 12.1 Å². The van der Waals surface area contributed by atoms with Crippen LogP contribution < -0.4 is 11.1 Å². The maximum Gasteiger partial charge on any atom is 0.241 e. The van der Waals surface area contributed by atoms with E-state index in [-0.39, 0.29) is 16.7 Å². The molecule has 2 atom stereocenters. The highest BCUT2D eigenvalue weighted by atomic mass is 32.2. The number of carbonyl (C=O) groups excluding carboxylic acids is 1. The van der Waals surface area contributed by atoms with E-state index in [2.05, 4.69) is 5.32 Å². The number of carbonyl (C=O) groups is 1. The molecule has 0 aliphatic rings. The molecule has 0 aliphatic heterocycles. The van der Waals surface area contributed by atoms with Gasteiger partial charge < -0.3 is 11.1 Å². The lowest BCUT2D eigenvalue weighted by molar-refractivity contribution is -0.118. The molecular formula is C14H22N2O3S. The number of benzene rings is 1. The third-order valence-corrected chi connectivity index (χ3v) is 4.57. The van der Waals surface area contributed by atoms with Crippen molar-refractivity contribution in [2.24, 2.45) is 11.7 Å². The second kappa shape index (κ2) is 6.37. The molecule has 0 radical (unpaired) electrons. The molecule has 1 rings (SSSR count). The van der Waals surface area contributed by atoms with E-state index in [9.17, 15) is 13.2 Å². The summed E-state index contributed by atoms with van der Waals surface area (Å²) in [6, 6.07) is 4.04. The predicted octanol–water partition coefficient (Wildman–Crippen LogP) is 1.71. The fraction of sp³-hybridized carbons (Fsp3) is 0.500. The first-order chi connectivity index (χ1) is 9.16. The molecule has 3 N–H and O–H groups in total. The highest BCUT2D eigenvalue weighted by Crippen LogP contribution is 2.21. The number of hydrogen-bond acceptors (Lipinski definition) is 4. The molecule has 0 spiro atoms. The minimum Gasteiger partial charge on any atom is -0.324 e. The molecule has 0 aromatic heterocycles. The van der Waals surface area contributed by atoms with Crippen molar-refractivity contribution in [3.8, 4) is 0 Å². The van der Waals surface area contributed by atoms with Gasteiger partial charge in [0.05, 0.1) is 10.9 Å². The smallest absolute Gasteiger partial charge is 0.241 e. The van der Waals surface area contributed by atoms with Gasteiger partial charge in [-0.25, -0.2) is 8.42 Å². The number of nitrogens with one attached hydrogen (secondary N) is 1. The number of sulfone groups is 1. The average Bonchev–Trinajstić information content (AvgIpc) is 2.38. The van der Waals surface area contributed by atoms with Gasteiger partial charge in [0.2, 0.25) is 5.91 Å². The average molecular weight is 298 g/mol. The molecule has 20 heavy (non-hydrogen) atoms. The maximum absolute atomic E-state index is 12.0. The van der Waals surface area contributed by atoms with E-state index in [1.807, 2.05) is 13.8 Å². The van der Waals surface area contributed by atoms with E-state index in [4.69, 9.17) is 5.73 Å². The first-order valence-corrected chi connectivity index (χ1v) is 8.43. The van der Waals surface area contributed by atoms with Gasteiger partial charge in [0.25, 0.3) is 0 Å². The van der Waals surface area contributed by atoms with Crippen molar-refractivity contribution >= 4 is 21.4 Å². The SMILES string of the molecule is CC[C@H](C)[C@H](N)C(=O)Nc1cc(S(C)(=O)=O)ccc1C. The van der Waals surface area contributed by atoms with Crippen molar-refractivity contribution in [1.29, 1.82) is 0 Å². The lowest BCUT2D eigenvalue weighted by atomic mass is 9.99. The number of anilines is 1. The molecule has 0 saturated carbocycles. The fourth-order valence-corrected chi connectivity index (χ4v) is 2.34. The Hall–Kier alpha value is -1.40. The van der Waals surface area contributed by atoms with Crippen LogP contribution in [-0.2, 0) is 14.6 Å². The summed E-state index contributed by atoms with van der Waals surface area (Å²) in [5, 5.41) is 2.71. The third kappa shape index (κ3) is 4.05. The van der Waals surface area contributed by atoms with E-state index in [0.717, 1.165) is 18.2 Å². The van der Waals surface area contributed by atoms with Gasteiger partial charge in [0.15, 0.2) is 9.84 Å². The van der Waals surface area contributed by atoms with E-state index < -0.39 is 15.9 Å². The zero-order chi connectivity index (χ0) is 15.5. The lowest BCUT2D eigenvalue weighted by Gasteiger charge is -2.18. The minimum absolute atomic E-state index is 0.0633. The molecule has 0 saturated heterocycles. The quantitative estimate of drug-likeness (QED) is 0.866. The Bertz CT molecular complexity index is 596. The third-order valence-electron chi connectivity index (χ3n) is 3.45. The summed E-state index contributed by atoms with van der Waals surface area (Å²) in [5.74, 6) is -0.235. The van der Waals surface area contributed by atoms with Crippen molar-refractivity contribution in [1.82, 2.24) is 0 Å². The molecule has 6 heteroatoms. The van der Waals surface area contributed by atoms with E-state index in [1.54, 1.807) is 13.0 Å². The second-order valence-corrected chi connectivity index (χ2v) is 7.17. The van der Waals surface area contributed by atoms with Crippen molar-refractivity contribution in [2.45, 2.75) is 38.1 Å². The molecular weight excluding hydrogens is 276 g/mol. The molecule has 0 heterocycles. The van der Waals surface area contributed by atoms with Crippen LogP contribution in [0.5, 0.6) is 0 Å². The Kier molecular flexibility index (Phi) is 5.30. The second-order valence-electron chi connectivity index (χ2n) is 5.15. The first-order valence-electron chi connectivity index (χ1n) is 6.54. The summed E-state index contributed by atoms with van der Waals surface area (Å²) in [6.45, 7) is 5.67. The van der Waals surface area contributed by atoms with Crippen molar-refractivity contribution in [2.75, 3.05) is 11.6 Å². The number of rotatable bonds is 5. The molecule has 0 bridgehead atoms. The van der Waals surface area contributed by atoms with Gasteiger partial charge in [-0.2, -0.15) is 0 Å². The standard InChI is InChI=1S/C14H22N2O3S/c1-5-9(2)13(15)14(17)16-12-8-11(20(4,18)19)7-6-10(12)3/h6-9,13H,5,15H2,1-4H3,(H,16,17)/t9-,13-/m0/s1. The Morgan fingerprint density at radius 3 is 2.50 bits per heavy atom. The number of aryl methyl sites for hydroxylation is 1. The van der Waals surface area contributed by atoms with E-state index >= 15 is 0 Å². The molecule has 1 aromatic carbocycles. The zero-order valence-electron chi connectivity index (χ0n) is 12.3. The number of amides is 1. The first kappa shape index (κ1) is 16.7. The molecule has 112 valence electrons. The monoisotopic (exact) mass is 298 g/mol. The summed E-state index contributed by atoms with van der Waals surface area (Å²) in [6.07, 6.45) is 1.94. The Morgan fingerprint density at radius 1 is 1.40 bits per heavy atom. The summed E-state index contributed by atoms with van der Waals surface area (Å²) < 4.78 is 23.1. The van der Waals surface area contributed by atoms with Gasteiger partial charge in [0, 0.05) is 11.9 Å². The van der Waals surface area contributed by atoms with Crippen LogP contribution in [0.2, 0.25) is 0 Å². The molecule has 5 nitrogen and oxygen atoms in total. The molecule has 1 aromatic rings. The zero-order valence-corrected chi connectivity index (χ0v) is 13.1. The Balaban J connectivity index is 3.01. The highest BCUT2D eigenvalue weighted by molar-refractivity contribution is 7.90.